The Morgan fingerprint density at radius 2 is 1.77 bits per heavy atom. The van der Waals surface area contributed by atoms with Crippen LogP contribution in [0.3, 0.4) is 0 Å². The Morgan fingerprint density at radius 1 is 1.07 bits per heavy atom. The van der Waals surface area contributed by atoms with E-state index >= 15 is 0 Å². The SMILES string of the molecule is N#CC1(NC(=O)[C@@H]2CCCC[C@H]2c2oc(Cc3ccccc3)nc2-c2ccc(N3CCS(O)(O)CC3)cc2)CC1. The first-order chi connectivity index (χ1) is 19.3. The van der Waals surface area contributed by atoms with Gasteiger partial charge in [0.25, 0.3) is 0 Å². The third kappa shape index (κ3) is 5.75. The van der Waals surface area contributed by atoms with Crippen molar-refractivity contribution < 1.29 is 18.3 Å². The van der Waals surface area contributed by atoms with Crippen molar-refractivity contribution in [2.24, 2.45) is 5.92 Å². The first kappa shape index (κ1) is 26.9. The van der Waals surface area contributed by atoms with Crippen molar-refractivity contribution in [3.05, 3.63) is 71.8 Å². The second-order valence-corrected chi connectivity index (χ2v) is 13.8. The number of aromatic nitrogens is 1. The molecule has 0 spiro atoms. The molecule has 210 valence electrons. The van der Waals surface area contributed by atoms with E-state index in [9.17, 15) is 19.2 Å². The number of carbonyl (C=O) groups excluding carboxylic acids is 1. The van der Waals surface area contributed by atoms with Crippen LogP contribution in [-0.2, 0) is 11.2 Å². The van der Waals surface area contributed by atoms with Crippen LogP contribution in [0.5, 0.6) is 0 Å². The van der Waals surface area contributed by atoms with E-state index in [1.165, 1.54) is 0 Å². The Morgan fingerprint density at radius 3 is 2.45 bits per heavy atom. The fraction of sp³-hybridized carbons (Fsp3) is 0.452. The summed E-state index contributed by atoms with van der Waals surface area (Å²) in [5.41, 5.74) is 3.16. The monoisotopic (exact) mass is 560 g/mol. The maximum atomic E-state index is 13.4. The average Bonchev–Trinajstić information content (AvgIpc) is 3.63. The van der Waals surface area contributed by atoms with Gasteiger partial charge in [0.05, 0.1) is 17.6 Å². The molecule has 40 heavy (non-hydrogen) atoms. The molecule has 1 saturated heterocycles. The Hall–Kier alpha value is -3.32. The van der Waals surface area contributed by atoms with Crippen molar-refractivity contribution in [3.63, 3.8) is 0 Å². The number of oxazole rings is 1. The highest BCUT2D eigenvalue weighted by molar-refractivity contribution is 8.24. The molecule has 0 unspecified atom stereocenters. The van der Waals surface area contributed by atoms with Crippen LogP contribution in [0.1, 0.15) is 61.7 Å². The smallest absolute Gasteiger partial charge is 0.225 e. The summed E-state index contributed by atoms with van der Waals surface area (Å²) in [5.74, 6) is 1.74. The number of benzene rings is 2. The van der Waals surface area contributed by atoms with Gasteiger partial charge in [0, 0.05) is 42.6 Å². The zero-order valence-electron chi connectivity index (χ0n) is 22.6. The maximum absolute atomic E-state index is 13.4. The van der Waals surface area contributed by atoms with Gasteiger partial charge in [-0.25, -0.2) is 4.98 Å². The molecule has 6 rings (SSSR count). The minimum Gasteiger partial charge on any atom is -0.444 e. The van der Waals surface area contributed by atoms with Crippen LogP contribution in [0, 0.1) is 17.2 Å². The normalized spacial score (nSPS) is 24.1. The highest BCUT2D eigenvalue weighted by Crippen LogP contribution is 2.45. The molecule has 0 radical (unpaired) electrons. The summed E-state index contributed by atoms with van der Waals surface area (Å²) in [6.07, 6.45) is 5.57. The first-order valence-electron chi connectivity index (χ1n) is 14.2. The minimum atomic E-state index is -2.45. The van der Waals surface area contributed by atoms with Crippen LogP contribution < -0.4 is 10.2 Å². The van der Waals surface area contributed by atoms with Crippen LogP contribution in [0.4, 0.5) is 5.69 Å². The average molecular weight is 561 g/mol. The van der Waals surface area contributed by atoms with Crippen molar-refractivity contribution in [1.29, 1.82) is 5.26 Å². The van der Waals surface area contributed by atoms with Gasteiger partial charge in [-0.2, -0.15) is 15.9 Å². The van der Waals surface area contributed by atoms with Gasteiger partial charge in [0.2, 0.25) is 5.91 Å². The van der Waals surface area contributed by atoms with Gasteiger partial charge in [-0.05, 0) is 43.4 Å². The van der Waals surface area contributed by atoms with Crippen molar-refractivity contribution in [2.75, 3.05) is 29.5 Å². The molecular formula is C31H36N4O4S. The quantitative estimate of drug-likeness (QED) is 0.326. The number of carbonyl (C=O) groups is 1. The van der Waals surface area contributed by atoms with Gasteiger partial charge in [0.15, 0.2) is 5.89 Å². The highest BCUT2D eigenvalue weighted by atomic mass is 32.3. The van der Waals surface area contributed by atoms with Gasteiger partial charge in [-0.3, -0.25) is 13.9 Å². The van der Waals surface area contributed by atoms with Crippen molar-refractivity contribution in [3.8, 4) is 17.3 Å². The van der Waals surface area contributed by atoms with Crippen LogP contribution in [-0.4, -0.2) is 50.1 Å². The molecule has 3 aromatic rings. The summed E-state index contributed by atoms with van der Waals surface area (Å²) in [5, 5.41) is 12.6. The number of hydrogen-bond donors (Lipinski definition) is 3. The van der Waals surface area contributed by atoms with Crippen molar-refractivity contribution in [1.82, 2.24) is 10.3 Å². The zero-order valence-corrected chi connectivity index (χ0v) is 23.4. The third-order valence-electron chi connectivity index (χ3n) is 8.54. The molecular weight excluding hydrogens is 524 g/mol. The molecule has 3 N–H and O–H groups in total. The Kier molecular flexibility index (Phi) is 7.34. The number of rotatable bonds is 7. The lowest BCUT2D eigenvalue weighted by atomic mass is 9.76. The Balaban J connectivity index is 1.31. The number of nitrogens with zero attached hydrogens (tertiary/aromatic N) is 3. The van der Waals surface area contributed by atoms with E-state index in [0.29, 0.717) is 49.7 Å². The number of nitrogens with one attached hydrogen (secondary N) is 1. The van der Waals surface area contributed by atoms with Crippen LogP contribution in [0.2, 0.25) is 0 Å². The molecule has 9 heteroatoms. The molecule has 2 heterocycles. The standard InChI is InChI=1S/C31H36N4O4S/c32-21-31(14-15-31)34-30(36)26-9-5-4-8-25(26)29-28(33-27(39-29)20-22-6-2-1-3-7-22)23-10-12-24(13-11-23)35-16-18-40(37,38)19-17-35/h1-3,6-7,10-13,25-26,37-38H,4-5,8-9,14-20H2,(H,34,36)/t25-,26-/m1/s1. The summed E-state index contributed by atoms with van der Waals surface area (Å²) < 4.78 is 26.5. The third-order valence-corrected chi connectivity index (χ3v) is 10.2. The lowest BCUT2D eigenvalue weighted by Gasteiger charge is -2.41. The van der Waals surface area contributed by atoms with E-state index in [-0.39, 0.29) is 17.7 Å². The summed E-state index contributed by atoms with van der Waals surface area (Å²) in [6.45, 7) is 1.22. The summed E-state index contributed by atoms with van der Waals surface area (Å²) in [4.78, 5) is 20.6. The Bertz CT molecular complexity index is 1380. The number of hydrogen-bond acceptors (Lipinski definition) is 7. The van der Waals surface area contributed by atoms with Crippen LogP contribution >= 0.6 is 10.6 Å². The predicted octanol–water partition coefficient (Wildman–Crippen LogP) is 5.95. The topological polar surface area (TPSA) is 123 Å². The molecule has 2 aromatic carbocycles. The summed E-state index contributed by atoms with van der Waals surface area (Å²) >= 11 is 0. The summed E-state index contributed by atoms with van der Waals surface area (Å²) in [7, 11) is -2.45. The molecule has 8 nitrogen and oxygen atoms in total. The summed E-state index contributed by atoms with van der Waals surface area (Å²) in [6, 6.07) is 20.6. The van der Waals surface area contributed by atoms with Crippen molar-refractivity contribution in [2.45, 2.75) is 56.4 Å². The van der Waals surface area contributed by atoms with Crippen LogP contribution in [0.15, 0.2) is 59.0 Å². The number of anilines is 1. The van der Waals surface area contributed by atoms with Gasteiger partial charge in [0.1, 0.15) is 17.0 Å². The van der Waals surface area contributed by atoms with E-state index in [4.69, 9.17) is 9.40 Å². The molecule has 3 fully saturated rings. The molecule has 0 bridgehead atoms. The molecule has 2 atom stereocenters. The van der Waals surface area contributed by atoms with Gasteiger partial charge in [-0.15, -0.1) is 0 Å². The molecule has 1 aliphatic heterocycles. The number of nitriles is 1. The first-order valence-corrected chi connectivity index (χ1v) is 16.1. The molecule has 1 amide bonds. The fourth-order valence-electron chi connectivity index (χ4n) is 5.97. The molecule has 3 aliphatic rings. The van der Waals surface area contributed by atoms with E-state index in [1.54, 1.807) is 0 Å². The Labute approximate surface area is 236 Å². The van der Waals surface area contributed by atoms with E-state index < -0.39 is 16.1 Å². The maximum Gasteiger partial charge on any atom is 0.225 e. The second kappa shape index (κ2) is 10.9. The molecule has 2 saturated carbocycles. The predicted molar refractivity (Wildman–Crippen MR) is 156 cm³/mol. The highest BCUT2D eigenvalue weighted by Gasteiger charge is 2.47. The minimum absolute atomic E-state index is 0.0536. The van der Waals surface area contributed by atoms with E-state index in [0.717, 1.165) is 54.0 Å². The zero-order chi connectivity index (χ0) is 27.7. The molecule has 1 aromatic heterocycles. The van der Waals surface area contributed by atoms with Gasteiger partial charge < -0.3 is 14.6 Å². The van der Waals surface area contributed by atoms with E-state index in [2.05, 4.69) is 40.6 Å². The lowest BCUT2D eigenvalue weighted by molar-refractivity contribution is -0.127. The fourth-order valence-corrected chi connectivity index (χ4v) is 7.20. The van der Waals surface area contributed by atoms with E-state index in [1.807, 2.05) is 30.3 Å². The largest absolute Gasteiger partial charge is 0.444 e. The van der Waals surface area contributed by atoms with Gasteiger partial charge in [-0.1, -0.05) is 55.3 Å². The second-order valence-electron chi connectivity index (χ2n) is 11.4. The van der Waals surface area contributed by atoms with Gasteiger partial charge >= 0.3 is 0 Å². The lowest BCUT2D eigenvalue weighted by Crippen LogP contribution is -2.42. The van der Waals surface area contributed by atoms with Crippen LogP contribution in [0.25, 0.3) is 11.3 Å². The number of amides is 1. The van der Waals surface area contributed by atoms with Crippen molar-refractivity contribution >= 4 is 22.2 Å². The molecule has 2 aliphatic carbocycles.